The molecule has 3 rings (SSSR count). The Morgan fingerprint density at radius 1 is 1.14 bits per heavy atom. The average molecular weight is 379 g/mol. The van der Waals surface area contributed by atoms with Gasteiger partial charge in [0.2, 0.25) is 5.95 Å². The molecule has 0 spiro atoms. The molecule has 0 fully saturated rings. The van der Waals surface area contributed by atoms with Gasteiger partial charge in [0.05, 0.1) is 24.0 Å². The number of hydrogen-bond acceptors (Lipinski definition) is 6. The molecular weight excluding hydrogens is 354 g/mol. The van der Waals surface area contributed by atoms with Crippen LogP contribution in [0.5, 0.6) is 5.75 Å². The number of hydrogen-bond donors (Lipinski definition) is 1. The van der Waals surface area contributed by atoms with E-state index >= 15 is 0 Å². The highest BCUT2D eigenvalue weighted by molar-refractivity contribution is 5.81. The van der Waals surface area contributed by atoms with Crippen LogP contribution in [0.3, 0.4) is 0 Å². The molecule has 0 atom stereocenters. The zero-order chi connectivity index (χ0) is 20.1. The van der Waals surface area contributed by atoms with E-state index in [0.29, 0.717) is 23.6 Å². The first-order chi connectivity index (χ1) is 13.5. The van der Waals surface area contributed by atoms with Gasteiger partial charge >= 0.3 is 0 Å². The Hall–Kier alpha value is -3.22. The Kier molecular flexibility index (Phi) is 6.03. The third-order valence-corrected chi connectivity index (χ3v) is 4.30. The molecule has 7 heteroatoms. The first-order valence-electron chi connectivity index (χ1n) is 9.46. The highest BCUT2D eigenvalue weighted by Crippen LogP contribution is 2.35. The first-order valence-corrected chi connectivity index (χ1v) is 9.46. The van der Waals surface area contributed by atoms with E-state index in [0.717, 1.165) is 24.2 Å². The predicted molar refractivity (Wildman–Crippen MR) is 110 cm³/mol. The molecule has 0 radical (unpaired) electrons. The van der Waals surface area contributed by atoms with Gasteiger partial charge in [0.1, 0.15) is 5.75 Å². The fourth-order valence-electron chi connectivity index (χ4n) is 2.84. The molecule has 0 aliphatic heterocycles. The number of anilines is 1. The number of ether oxygens (including phenoxy) is 1. The Balaban J connectivity index is 2.14. The Morgan fingerprint density at radius 3 is 2.68 bits per heavy atom. The van der Waals surface area contributed by atoms with Gasteiger partial charge in [-0.05, 0) is 38.5 Å². The summed E-state index contributed by atoms with van der Waals surface area (Å²) < 4.78 is 7.41. The number of nitrogens with two attached hydrogens (primary N) is 1. The molecule has 2 heterocycles. The molecule has 2 aromatic heterocycles. The van der Waals surface area contributed by atoms with Crippen molar-refractivity contribution >= 4 is 5.95 Å². The van der Waals surface area contributed by atoms with Gasteiger partial charge in [-0.15, -0.1) is 0 Å². The van der Waals surface area contributed by atoms with E-state index in [1.165, 1.54) is 10.7 Å². The van der Waals surface area contributed by atoms with Crippen LogP contribution in [-0.4, -0.2) is 26.4 Å². The van der Waals surface area contributed by atoms with Crippen molar-refractivity contribution in [2.24, 2.45) is 0 Å². The van der Waals surface area contributed by atoms with Crippen LogP contribution in [0.1, 0.15) is 39.7 Å². The molecule has 0 unspecified atom stereocenters. The maximum atomic E-state index is 12.1. The maximum absolute atomic E-state index is 12.1. The van der Waals surface area contributed by atoms with Gasteiger partial charge in [0, 0.05) is 23.4 Å². The second-order valence-corrected chi connectivity index (χ2v) is 6.78. The lowest BCUT2D eigenvalue weighted by Crippen LogP contribution is -2.24. The van der Waals surface area contributed by atoms with Gasteiger partial charge < -0.3 is 10.5 Å². The minimum Gasteiger partial charge on any atom is -0.493 e. The van der Waals surface area contributed by atoms with Gasteiger partial charge in [-0.1, -0.05) is 25.5 Å². The molecule has 146 valence electrons. The van der Waals surface area contributed by atoms with E-state index in [1.807, 2.05) is 38.1 Å². The standard InChI is InChI=1S/C21H25N5O2/c1-4-5-12-28-18-9-7-6-8-15(18)20-16(13-23-21(22)24-20)17-10-11-19(27)26(25-17)14(2)3/h6-11,13-14H,4-5,12H2,1-3H3,(H2,22,23,24). The van der Waals surface area contributed by atoms with Crippen molar-refractivity contribution in [3.8, 4) is 28.3 Å². The van der Waals surface area contributed by atoms with Crippen molar-refractivity contribution in [1.29, 1.82) is 0 Å². The SMILES string of the molecule is CCCCOc1ccccc1-c1nc(N)ncc1-c1ccc(=O)n(C(C)C)n1. The van der Waals surface area contributed by atoms with Crippen molar-refractivity contribution < 1.29 is 4.74 Å². The van der Waals surface area contributed by atoms with Crippen LogP contribution >= 0.6 is 0 Å². The number of para-hydroxylation sites is 1. The van der Waals surface area contributed by atoms with Crippen molar-refractivity contribution in [3.05, 3.63) is 52.9 Å². The highest BCUT2D eigenvalue weighted by Gasteiger charge is 2.17. The third kappa shape index (κ3) is 4.19. The predicted octanol–water partition coefficient (Wildman–Crippen LogP) is 3.71. The summed E-state index contributed by atoms with van der Waals surface area (Å²) in [5.74, 6) is 0.895. The molecule has 1 aromatic carbocycles. The van der Waals surface area contributed by atoms with Crippen molar-refractivity contribution in [2.75, 3.05) is 12.3 Å². The van der Waals surface area contributed by atoms with Gasteiger partial charge in [-0.25, -0.2) is 14.6 Å². The second kappa shape index (κ2) is 8.65. The molecule has 0 bridgehead atoms. The molecule has 0 aliphatic carbocycles. The van der Waals surface area contributed by atoms with Gasteiger partial charge in [0.15, 0.2) is 0 Å². The minimum absolute atomic E-state index is 0.0599. The van der Waals surface area contributed by atoms with Crippen LogP contribution in [0.25, 0.3) is 22.5 Å². The second-order valence-electron chi connectivity index (χ2n) is 6.78. The molecule has 0 aliphatic rings. The van der Waals surface area contributed by atoms with Crippen molar-refractivity contribution in [1.82, 2.24) is 19.7 Å². The maximum Gasteiger partial charge on any atom is 0.267 e. The molecule has 2 N–H and O–H groups in total. The lowest BCUT2D eigenvalue weighted by atomic mass is 10.0. The molecule has 7 nitrogen and oxygen atoms in total. The molecule has 0 saturated heterocycles. The Morgan fingerprint density at radius 2 is 1.93 bits per heavy atom. The Labute approximate surface area is 164 Å². The lowest BCUT2D eigenvalue weighted by molar-refractivity contribution is 0.310. The first kappa shape index (κ1) is 19.5. The number of unbranched alkanes of at least 4 members (excludes halogenated alkanes) is 1. The Bertz CT molecular complexity index is 1010. The number of nitrogen functional groups attached to an aromatic ring is 1. The number of nitrogens with zero attached hydrogens (tertiary/aromatic N) is 4. The van der Waals surface area contributed by atoms with Crippen molar-refractivity contribution in [2.45, 2.75) is 39.7 Å². The molecule has 28 heavy (non-hydrogen) atoms. The van der Waals surface area contributed by atoms with Crippen LogP contribution < -0.4 is 16.0 Å². The zero-order valence-electron chi connectivity index (χ0n) is 16.4. The van der Waals surface area contributed by atoms with Crippen LogP contribution in [0.2, 0.25) is 0 Å². The summed E-state index contributed by atoms with van der Waals surface area (Å²) in [5.41, 5.74) is 8.46. The third-order valence-electron chi connectivity index (χ3n) is 4.30. The number of rotatable bonds is 7. The summed E-state index contributed by atoms with van der Waals surface area (Å²) in [7, 11) is 0. The van der Waals surface area contributed by atoms with Crippen LogP contribution in [-0.2, 0) is 0 Å². The largest absolute Gasteiger partial charge is 0.493 e. The highest BCUT2D eigenvalue weighted by atomic mass is 16.5. The fourth-order valence-corrected chi connectivity index (χ4v) is 2.84. The van der Waals surface area contributed by atoms with Gasteiger partial charge in [0.25, 0.3) is 5.56 Å². The summed E-state index contributed by atoms with van der Waals surface area (Å²) in [4.78, 5) is 20.7. The van der Waals surface area contributed by atoms with Crippen LogP contribution in [0.4, 0.5) is 5.95 Å². The van der Waals surface area contributed by atoms with E-state index in [4.69, 9.17) is 10.5 Å². The number of aromatic nitrogens is 4. The zero-order valence-corrected chi connectivity index (χ0v) is 16.4. The number of benzene rings is 1. The molecule has 0 amide bonds. The minimum atomic E-state index is -0.153. The molecule has 3 aromatic rings. The summed E-state index contributed by atoms with van der Waals surface area (Å²) in [6.07, 6.45) is 3.65. The van der Waals surface area contributed by atoms with Gasteiger partial charge in [-0.3, -0.25) is 4.79 Å². The monoisotopic (exact) mass is 379 g/mol. The van der Waals surface area contributed by atoms with E-state index in [1.54, 1.807) is 12.3 Å². The van der Waals surface area contributed by atoms with Gasteiger partial charge in [-0.2, -0.15) is 5.10 Å². The smallest absolute Gasteiger partial charge is 0.267 e. The van der Waals surface area contributed by atoms with E-state index in [9.17, 15) is 4.79 Å². The normalized spacial score (nSPS) is 11.0. The van der Waals surface area contributed by atoms with Crippen LogP contribution in [0, 0.1) is 0 Å². The average Bonchev–Trinajstić information content (AvgIpc) is 2.69. The summed E-state index contributed by atoms with van der Waals surface area (Å²) in [5, 5.41) is 4.51. The molecule has 0 saturated carbocycles. The van der Waals surface area contributed by atoms with Crippen molar-refractivity contribution in [3.63, 3.8) is 0 Å². The summed E-state index contributed by atoms with van der Waals surface area (Å²) >= 11 is 0. The fraction of sp³-hybridized carbons (Fsp3) is 0.333. The lowest BCUT2D eigenvalue weighted by Gasteiger charge is -2.15. The van der Waals surface area contributed by atoms with E-state index in [-0.39, 0.29) is 17.5 Å². The quantitative estimate of drug-likeness (QED) is 0.629. The summed E-state index contributed by atoms with van der Waals surface area (Å²) in [6, 6.07) is 10.8. The topological polar surface area (TPSA) is 95.9 Å². The van der Waals surface area contributed by atoms with E-state index in [2.05, 4.69) is 22.0 Å². The van der Waals surface area contributed by atoms with Crippen LogP contribution in [0.15, 0.2) is 47.4 Å². The molecular formula is C21H25N5O2. The summed E-state index contributed by atoms with van der Waals surface area (Å²) in [6.45, 7) is 6.57. The van der Waals surface area contributed by atoms with E-state index < -0.39 is 0 Å².